The van der Waals surface area contributed by atoms with Crippen molar-refractivity contribution >= 4 is 5.95 Å². The Morgan fingerprint density at radius 2 is 1.95 bits per heavy atom. The number of aromatic nitrogens is 4. The molecule has 4 heterocycles. The van der Waals surface area contributed by atoms with Gasteiger partial charge in [-0.2, -0.15) is 0 Å². The van der Waals surface area contributed by atoms with Crippen molar-refractivity contribution in [3.05, 3.63) is 42.7 Å². The van der Waals surface area contributed by atoms with Crippen LogP contribution in [0.3, 0.4) is 0 Å². The number of hydrogen-bond donors (Lipinski definition) is 0. The number of nitrogens with zero attached hydrogens (tertiary/aromatic N) is 5. The summed E-state index contributed by atoms with van der Waals surface area (Å²) in [6.07, 6.45) is 11.1. The first-order valence-electron chi connectivity index (χ1n) is 7.21. The van der Waals surface area contributed by atoms with Crippen LogP contribution in [0.5, 0.6) is 0 Å². The first-order chi connectivity index (χ1) is 10.3. The Morgan fingerprint density at radius 1 is 1.19 bits per heavy atom. The summed E-state index contributed by atoms with van der Waals surface area (Å²) >= 11 is 0. The molecule has 21 heavy (non-hydrogen) atoms. The van der Waals surface area contributed by atoms with E-state index in [1.54, 1.807) is 18.7 Å². The Hall–Kier alpha value is -2.08. The number of anilines is 1. The zero-order valence-electron chi connectivity index (χ0n) is 11.7. The lowest BCUT2D eigenvalue weighted by Crippen LogP contribution is -2.57. The lowest BCUT2D eigenvalue weighted by atomic mass is 9.77. The van der Waals surface area contributed by atoms with Crippen LogP contribution in [0.2, 0.25) is 0 Å². The van der Waals surface area contributed by atoms with Crippen LogP contribution in [0.25, 0.3) is 0 Å². The summed E-state index contributed by atoms with van der Waals surface area (Å²) in [6.45, 7) is 2.80. The Balaban J connectivity index is 1.35. The van der Waals surface area contributed by atoms with Crippen LogP contribution in [0.15, 0.2) is 37.2 Å². The van der Waals surface area contributed by atoms with E-state index in [0.29, 0.717) is 0 Å². The third kappa shape index (κ3) is 2.47. The molecule has 108 valence electrons. The second-order valence-corrected chi connectivity index (χ2v) is 5.99. The van der Waals surface area contributed by atoms with Gasteiger partial charge in [-0.3, -0.25) is 0 Å². The number of rotatable bonds is 3. The zero-order valence-corrected chi connectivity index (χ0v) is 11.7. The van der Waals surface area contributed by atoms with Crippen molar-refractivity contribution in [3.63, 3.8) is 0 Å². The van der Waals surface area contributed by atoms with Gasteiger partial charge >= 0.3 is 0 Å². The van der Waals surface area contributed by atoms with Crippen LogP contribution in [-0.2, 0) is 11.2 Å². The molecule has 1 unspecified atom stereocenters. The molecule has 0 N–H and O–H groups in total. The van der Waals surface area contributed by atoms with Crippen LogP contribution >= 0.6 is 0 Å². The Kier molecular flexibility index (Phi) is 3.03. The third-order valence-electron chi connectivity index (χ3n) is 4.25. The first-order valence-corrected chi connectivity index (χ1v) is 7.21. The molecule has 6 nitrogen and oxygen atoms in total. The average Bonchev–Trinajstić information content (AvgIpc) is 2.92. The zero-order chi connectivity index (χ0) is 14.1. The smallest absolute Gasteiger partial charge is 0.225 e. The highest BCUT2D eigenvalue weighted by molar-refractivity contribution is 5.36. The molecular weight excluding hydrogens is 266 g/mol. The van der Waals surface area contributed by atoms with Crippen LogP contribution in [0.4, 0.5) is 5.95 Å². The molecule has 0 aromatic carbocycles. The van der Waals surface area contributed by atoms with E-state index < -0.39 is 0 Å². The van der Waals surface area contributed by atoms with E-state index in [0.717, 1.165) is 44.0 Å². The summed E-state index contributed by atoms with van der Waals surface area (Å²) < 4.78 is 5.98. The van der Waals surface area contributed by atoms with Crippen molar-refractivity contribution in [2.75, 3.05) is 24.6 Å². The maximum absolute atomic E-state index is 5.98. The summed E-state index contributed by atoms with van der Waals surface area (Å²) in [7, 11) is 0. The predicted molar refractivity (Wildman–Crippen MR) is 76.8 cm³/mol. The molecule has 1 spiro atoms. The molecule has 0 amide bonds. The van der Waals surface area contributed by atoms with E-state index in [9.17, 15) is 0 Å². The fourth-order valence-electron chi connectivity index (χ4n) is 3.30. The molecule has 0 radical (unpaired) electrons. The second-order valence-electron chi connectivity index (χ2n) is 5.99. The molecule has 6 heteroatoms. The maximum atomic E-state index is 5.98. The monoisotopic (exact) mass is 283 g/mol. The quantitative estimate of drug-likeness (QED) is 0.840. The van der Waals surface area contributed by atoms with E-state index in [2.05, 4.69) is 24.8 Å². The number of ether oxygens (including phenoxy) is 1. The topological polar surface area (TPSA) is 64.0 Å². The fourth-order valence-corrected chi connectivity index (χ4v) is 3.30. The van der Waals surface area contributed by atoms with Crippen molar-refractivity contribution < 1.29 is 4.74 Å². The summed E-state index contributed by atoms with van der Waals surface area (Å²) in [5.41, 5.74) is 1.42. The van der Waals surface area contributed by atoms with Crippen LogP contribution in [-0.4, -0.2) is 45.7 Å². The van der Waals surface area contributed by atoms with Crippen molar-refractivity contribution in [1.29, 1.82) is 0 Å². The minimum atomic E-state index is 0.273. The van der Waals surface area contributed by atoms with E-state index >= 15 is 0 Å². The number of hydrogen-bond acceptors (Lipinski definition) is 6. The first kappa shape index (κ1) is 12.6. The highest BCUT2D eigenvalue weighted by Crippen LogP contribution is 2.42. The molecule has 0 aliphatic carbocycles. The molecule has 2 aromatic heterocycles. The molecule has 2 saturated heterocycles. The minimum Gasteiger partial charge on any atom is -0.377 e. The summed E-state index contributed by atoms with van der Waals surface area (Å²) in [6, 6.07) is 1.84. The van der Waals surface area contributed by atoms with Crippen molar-refractivity contribution in [2.45, 2.75) is 18.9 Å². The third-order valence-corrected chi connectivity index (χ3v) is 4.25. The SMILES string of the molecule is c1cnc(N2CC3(COC(Cc4cncnc4)C3)C2)nc1. The summed E-state index contributed by atoms with van der Waals surface area (Å²) in [5.74, 6) is 0.822. The van der Waals surface area contributed by atoms with Gasteiger partial charge in [0.05, 0.1) is 12.7 Å². The normalized spacial score (nSPS) is 23.2. The van der Waals surface area contributed by atoms with Crippen molar-refractivity contribution in [2.24, 2.45) is 5.41 Å². The Bertz CT molecular complexity index is 600. The minimum absolute atomic E-state index is 0.273. The van der Waals surface area contributed by atoms with Crippen LogP contribution in [0, 0.1) is 5.41 Å². The lowest BCUT2D eigenvalue weighted by molar-refractivity contribution is 0.0872. The van der Waals surface area contributed by atoms with Crippen LogP contribution < -0.4 is 4.90 Å². The molecule has 2 aliphatic rings. The highest BCUT2D eigenvalue weighted by Gasteiger charge is 2.49. The van der Waals surface area contributed by atoms with Crippen LogP contribution in [0.1, 0.15) is 12.0 Å². The van der Waals surface area contributed by atoms with E-state index in [-0.39, 0.29) is 11.5 Å². The Labute approximate surface area is 123 Å². The molecule has 1 atom stereocenters. The van der Waals surface area contributed by atoms with Gasteiger partial charge in [0.1, 0.15) is 6.33 Å². The average molecular weight is 283 g/mol. The molecule has 0 bridgehead atoms. The van der Waals surface area contributed by atoms with Gasteiger partial charge in [0.15, 0.2) is 0 Å². The molecule has 4 rings (SSSR count). The fraction of sp³-hybridized carbons (Fsp3) is 0.467. The molecule has 2 aliphatic heterocycles. The van der Waals surface area contributed by atoms with Gasteiger partial charge in [-0.15, -0.1) is 0 Å². The largest absolute Gasteiger partial charge is 0.377 e. The molecular formula is C15H17N5O. The molecule has 2 aromatic rings. The standard InChI is InChI=1S/C15H17N5O/c1-2-18-14(19-3-1)20-8-15(9-20)5-13(21-10-15)4-12-6-16-11-17-7-12/h1-3,6-7,11,13H,4-5,8-10H2. The van der Waals surface area contributed by atoms with E-state index in [1.807, 2.05) is 18.5 Å². The van der Waals surface area contributed by atoms with E-state index in [1.165, 1.54) is 0 Å². The molecule has 0 saturated carbocycles. The van der Waals surface area contributed by atoms with Crippen molar-refractivity contribution in [1.82, 2.24) is 19.9 Å². The van der Waals surface area contributed by atoms with Gasteiger partial charge < -0.3 is 9.64 Å². The lowest BCUT2D eigenvalue weighted by Gasteiger charge is -2.47. The van der Waals surface area contributed by atoms with Gasteiger partial charge in [0.25, 0.3) is 0 Å². The Morgan fingerprint density at radius 3 is 2.71 bits per heavy atom. The maximum Gasteiger partial charge on any atom is 0.225 e. The highest BCUT2D eigenvalue weighted by atomic mass is 16.5. The summed E-state index contributed by atoms with van der Waals surface area (Å²) in [4.78, 5) is 18.9. The van der Waals surface area contributed by atoms with Gasteiger partial charge in [0.2, 0.25) is 5.95 Å². The van der Waals surface area contributed by atoms with Gasteiger partial charge in [0, 0.05) is 49.7 Å². The van der Waals surface area contributed by atoms with E-state index in [4.69, 9.17) is 4.74 Å². The predicted octanol–water partition coefficient (Wildman–Crippen LogP) is 1.10. The summed E-state index contributed by atoms with van der Waals surface area (Å²) in [5, 5.41) is 0. The van der Waals surface area contributed by atoms with Gasteiger partial charge in [-0.05, 0) is 18.1 Å². The van der Waals surface area contributed by atoms with Gasteiger partial charge in [-0.1, -0.05) is 0 Å². The van der Waals surface area contributed by atoms with Crippen molar-refractivity contribution in [3.8, 4) is 0 Å². The second kappa shape index (κ2) is 5.04. The molecule has 2 fully saturated rings. The van der Waals surface area contributed by atoms with Gasteiger partial charge in [-0.25, -0.2) is 19.9 Å².